The molecule has 1 aromatic carbocycles. The molecule has 2 fully saturated rings. The van der Waals surface area contributed by atoms with Gasteiger partial charge in [0.05, 0.1) is 0 Å². The number of nitrogens with one attached hydrogen (secondary N) is 1. The maximum atomic E-state index is 14.0. The molecule has 3 atom stereocenters. The van der Waals surface area contributed by atoms with Gasteiger partial charge in [-0.05, 0) is 43.7 Å². The number of ether oxygens (including phenoxy) is 1. The minimum atomic E-state index is -4.62. The van der Waals surface area contributed by atoms with E-state index in [2.05, 4.69) is 30.3 Å². The van der Waals surface area contributed by atoms with Gasteiger partial charge in [-0.2, -0.15) is 22.5 Å². The van der Waals surface area contributed by atoms with E-state index in [4.69, 9.17) is 4.74 Å². The number of hydrogen-bond acceptors (Lipinski definition) is 7. The monoisotopic (exact) mass is 495 g/mol. The molecule has 0 unspecified atom stereocenters. The first-order valence-electron chi connectivity index (χ1n) is 11.1. The number of hydrogen-bond donors (Lipinski definition) is 1. The van der Waals surface area contributed by atoms with Crippen molar-refractivity contribution in [3.05, 3.63) is 47.9 Å². The Morgan fingerprint density at radius 3 is 2.54 bits per heavy atom. The molecule has 5 rings (SSSR count). The van der Waals surface area contributed by atoms with Crippen LogP contribution in [-0.4, -0.2) is 50.0 Å². The van der Waals surface area contributed by atoms with Crippen LogP contribution < -0.4 is 15.0 Å². The highest BCUT2D eigenvalue weighted by Crippen LogP contribution is 2.40. The van der Waals surface area contributed by atoms with E-state index in [1.807, 2.05) is 13.0 Å². The van der Waals surface area contributed by atoms with Crippen molar-refractivity contribution in [1.82, 2.24) is 24.7 Å². The van der Waals surface area contributed by atoms with Gasteiger partial charge in [-0.25, -0.2) is 19.0 Å². The van der Waals surface area contributed by atoms with Crippen molar-refractivity contribution in [3.8, 4) is 11.8 Å². The van der Waals surface area contributed by atoms with E-state index in [1.54, 1.807) is 0 Å². The molecular weight excluding hydrogens is 473 g/mol. The molecule has 1 saturated heterocycles. The minimum absolute atomic E-state index is 0.0605. The zero-order valence-electron chi connectivity index (χ0n) is 18.6. The number of piperidine rings is 1. The van der Waals surface area contributed by atoms with E-state index in [-0.39, 0.29) is 23.8 Å². The molecule has 2 aliphatic rings. The van der Waals surface area contributed by atoms with Crippen molar-refractivity contribution in [2.75, 3.05) is 23.3 Å². The van der Waals surface area contributed by atoms with Crippen LogP contribution in [-0.2, 0) is 6.54 Å². The van der Waals surface area contributed by atoms with Crippen LogP contribution in [0.15, 0.2) is 30.6 Å². The van der Waals surface area contributed by atoms with Crippen molar-refractivity contribution in [3.63, 3.8) is 0 Å². The summed E-state index contributed by atoms with van der Waals surface area (Å²) in [5, 5.41) is 7.09. The lowest BCUT2D eigenvalue weighted by atomic mass is 9.92. The lowest BCUT2D eigenvalue weighted by molar-refractivity contribution is -0.143. The number of rotatable bonds is 6. The summed E-state index contributed by atoms with van der Waals surface area (Å²) in [6.45, 7) is 1.83. The van der Waals surface area contributed by atoms with E-state index >= 15 is 0 Å². The molecule has 186 valence electrons. The fraction of sp³-hybridized carbons (Fsp3) is 0.455. The van der Waals surface area contributed by atoms with Crippen LogP contribution in [0.2, 0.25) is 0 Å². The highest BCUT2D eigenvalue weighted by Gasteiger charge is 2.43. The second kappa shape index (κ2) is 8.93. The molecule has 2 bridgehead atoms. The van der Waals surface area contributed by atoms with Crippen molar-refractivity contribution in [2.45, 2.75) is 38.5 Å². The van der Waals surface area contributed by atoms with Crippen molar-refractivity contribution >= 4 is 11.8 Å². The molecule has 3 heterocycles. The number of fused-ring (bicyclic) bond motifs is 2. The first-order valence-corrected chi connectivity index (χ1v) is 11.1. The average molecular weight is 495 g/mol. The summed E-state index contributed by atoms with van der Waals surface area (Å²) in [5.41, 5.74) is 0.865. The molecule has 1 saturated carbocycles. The Bertz CT molecular complexity index is 1200. The predicted molar refractivity (Wildman–Crippen MR) is 115 cm³/mol. The molecule has 0 spiro atoms. The SMILES string of the molecule is Cc1cc(N2C[C@H]3CC[C@@H](C2)[C@@H]3Nc2nc(Oc3cccc(F)c3F)n(CC(F)(F)F)n2)ncn1. The van der Waals surface area contributed by atoms with Gasteiger partial charge in [-0.1, -0.05) is 6.07 Å². The molecule has 2 aromatic heterocycles. The van der Waals surface area contributed by atoms with E-state index in [0.29, 0.717) is 17.8 Å². The second-order valence-corrected chi connectivity index (χ2v) is 8.84. The molecule has 1 aliphatic heterocycles. The Morgan fingerprint density at radius 2 is 1.86 bits per heavy atom. The zero-order chi connectivity index (χ0) is 24.7. The van der Waals surface area contributed by atoms with Crippen molar-refractivity contribution in [1.29, 1.82) is 0 Å². The molecule has 3 aromatic rings. The van der Waals surface area contributed by atoms with Crippen LogP contribution in [0, 0.1) is 30.4 Å². The predicted octanol–water partition coefficient (Wildman–Crippen LogP) is 4.34. The van der Waals surface area contributed by atoms with Gasteiger partial charge in [0.25, 0.3) is 0 Å². The van der Waals surface area contributed by atoms with Gasteiger partial charge >= 0.3 is 12.2 Å². The summed E-state index contributed by atoms with van der Waals surface area (Å²) in [7, 11) is 0. The van der Waals surface area contributed by atoms with Crippen LogP contribution in [0.3, 0.4) is 0 Å². The summed E-state index contributed by atoms with van der Waals surface area (Å²) in [5.74, 6) is -1.92. The van der Waals surface area contributed by atoms with E-state index in [0.717, 1.165) is 36.5 Å². The van der Waals surface area contributed by atoms with Crippen molar-refractivity contribution < 1.29 is 26.7 Å². The molecule has 13 heteroatoms. The van der Waals surface area contributed by atoms with Crippen molar-refractivity contribution in [2.24, 2.45) is 11.8 Å². The van der Waals surface area contributed by atoms with Crippen LogP contribution in [0.1, 0.15) is 18.5 Å². The first-order chi connectivity index (χ1) is 16.7. The van der Waals surface area contributed by atoms with Gasteiger partial charge in [0, 0.05) is 30.9 Å². The molecule has 8 nitrogen and oxygen atoms in total. The Kier molecular flexibility index (Phi) is 5.93. The number of anilines is 2. The number of aromatic nitrogens is 5. The minimum Gasteiger partial charge on any atom is -0.421 e. The quantitative estimate of drug-likeness (QED) is 0.510. The highest BCUT2D eigenvalue weighted by atomic mass is 19.4. The number of benzene rings is 1. The van der Waals surface area contributed by atoms with Crippen LogP contribution in [0.25, 0.3) is 0 Å². The average Bonchev–Trinajstić information content (AvgIpc) is 3.24. The maximum Gasteiger partial charge on any atom is 0.408 e. The molecule has 1 N–H and O–H groups in total. The fourth-order valence-electron chi connectivity index (χ4n) is 4.81. The smallest absolute Gasteiger partial charge is 0.408 e. The van der Waals surface area contributed by atoms with E-state index in [9.17, 15) is 22.0 Å². The largest absolute Gasteiger partial charge is 0.421 e. The van der Waals surface area contributed by atoms with Gasteiger partial charge in [0.1, 0.15) is 18.7 Å². The van der Waals surface area contributed by atoms with Gasteiger partial charge in [-0.3, -0.25) is 0 Å². The normalized spacial score (nSPS) is 21.9. The summed E-state index contributed by atoms with van der Waals surface area (Å²) >= 11 is 0. The standard InChI is InChI=1S/C22H22F5N7O/c1-12-7-17(29-11-28-12)33-8-13-5-6-14(9-33)19(13)30-20-31-21(34(32-20)10-22(25,26)27)35-16-4-2-3-15(23)18(16)24/h2-4,7,11,13-14,19H,5-6,8-10H2,1H3,(H,30,32)/t13-,14+,19-. The third-order valence-electron chi connectivity index (χ3n) is 6.33. The summed E-state index contributed by atoms with van der Waals surface area (Å²) in [6, 6.07) is 4.43. The first kappa shape index (κ1) is 23.2. The Balaban J connectivity index is 1.36. The number of alkyl halides is 3. The molecule has 0 radical (unpaired) electrons. The molecular formula is C22H22F5N7O. The summed E-state index contributed by atoms with van der Waals surface area (Å²) in [6.07, 6.45) is -1.23. The van der Waals surface area contributed by atoms with Gasteiger partial charge < -0.3 is 15.0 Å². The van der Waals surface area contributed by atoms with Crippen LogP contribution in [0.4, 0.5) is 33.7 Å². The Hall–Kier alpha value is -3.51. The second-order valence-electron chi connectivity index (χ2n) is 8.84. The fourth-order valence-corrected chi connectivity index (χ4v) is 4.81. The Labute approximate surface area is 197 Å². The Morgan fingerprint density at radius 1 is 1.11 bits per heavy atom. The highest BCUT2D eigenvalue weighted by molar-refractivity contribution is 5.42. The summed E-state index contributed by atoms with van der Waals surface area (Å²) in [4.78, 5) is 14.7. The van der Waals surface area contributed by atoms with Gasteiger partial charge in [-0.15, -0.1) is 5.10 Å². The lowest BCUT2D eigenvalue weighted by Gasteiger charge is -2.38. The maximum absolute atomic E-state index is 14.0. The molecule has 35 heavy (non-hydrogen) atoms. The zero-order valence-corrected chi connectivity index (χ0v) is 18.6. The van der Waals surface area contributed by atoms with E-state index in [1.165, 1.54) is 12.4 Å². The third kappa shape index (κ3) is 4.98. The molecule has 1 aliphatic carbocycles. The van der Waals surface area contributed by atoms with Gasteiger partial charge in [0.15, 0.2) is 11.6 Å². The number of aryl methyl sites for hydroxylation is 1. The van der Waals surface area contributed by atoms with E-state index < -0.39 is 36.1 Å². The van der Waals surface area contributed by atoms with Crippen LogP contribution in [0.5, 0.6) is 11.8 Å². The lowest BCUT2D eigenvalue weighted by Crippen LogP contribution is -2.48. The summed E-state index contributed by atoms with van der Waals surface area (Å²) < 4.78 is 72.6. The topological polar surface area (TPSA) is 81.0 Å². The third-order valence-corrected chi connectivity index (χ3v) is 6.33. The molecule has 0 amide bonds. The number of nitrogens with zero attached hydrogens (tertiary/aromatic N) is 6. The number of halogens is 5. The van der Waals surface area contributed by atoms with Gasteiger partial charge in [0.2, 0.25) is 11.8 Å². The van der Waals surface area contributed by atoms with Crippen LogP contribution >= 0.6 is 0 Å².